The summed E-state index contributed by atoms with van der Waals surface area (Å²) in [4.78, 5) is 3.76. The molecule has 0 saturated heterocycles. The third-order valence-electron chi connectivity index (χ3n) is 2.09. The number of rotatable bonds is 3. The van der Waals surface area contributed by atoms with Crippen LogP contribution in [0.2, 0.25) is 0 Å². The zero-order valence-corrected chi connectivity index (χ0v) is 11.2. The van der Waals surface area contributed by atoms with Gasteiger partial charge in [0.25, 0.3) is 10.0 Å². The fraction of sp³-hybridized carbons (Fsp3) is 0.375. The molecule has 0 fully saturated rings. The minimum absolute atomic E-state index is 0.0689. The van der Waals surface area contributed by atoms with Crippen LogP contribution >= 0.6 is 0 Å². The van der Waals surface area contributed by atoms with E-state index in [2.05, 4.69) is 4.98 Å². The van der Waals surface area contributed by atoms with Crippen molar-refractivity contribution in [2.45, 2.75) is 11.9 Å². The lowest BCUT2D eigenvalue weighted by atomic mass is 10.3. The van der Waals surface area contributed by atoms with Gasteiger partial charge in [0.05, 0.1) is 11.9 Å². The van der Waals surface area contributed by atoms with Gasteiger partial charge in [-0.1, -0.05) is 0 Å². The highest BCUT2D eigenvalue weighted by Crippen LogP contribution is 2.23. The standard InChI is InChI=1S/C8H13N3O4S2/c1-6-4-5-7(11(2)16(3,12)13)8(10-6)17(9,14)15/h4-5H,1-3H3,(H2,9,14,15). The lowest BCUT2D eigenvalue weighted by molar-refractivity contribution is 0.593. The Kier molecular flexibility index (Phi) is 3.46. The number of sulfonamides is 2. The van der Waals surface area contributed by atoms with Crippen LogP contribution in [0.3, 0.4) is 0 Å². The van der Waals surface area contributed by atoms with E-state index in [4.69, 9.17) is 5.14 Å². The van der Waals surface area contributed by atoms with E-state index in [-0.39, 0.29) is 5.69 Å². The first-order valence-electron chi connectivity index (χ1n) is 4.48. The van der Waals surface area contributed by atoms with Gasteiger partial charge in [-0.25, -0.2) is 27.0 Å². The average molecular weight is 279 g/mol. The number of pyridine rings is 1. The molecule has 0 amide bonds. The monoisotopic (exact) mass is 279 g/mol. The molecule has 2 N–H and O–H groups in total. The van der Waals surface area contributed by atoms with Crippen molar-refractivity contribution in [1.29, 1.82) is 0 Å². The Balaban J connectivity index is 3.56. The summed E-state index contributed by atoms with van der Waals surface area (Å²) in [6.07, 6.45) is 0.958. The van der Waals surface area contributed by atoms with Gasteiger partial charge in [-0.3, -0.25) is 4.31 Å². The van der Waals surface area contributed by atoms with Gasteiger partial charge in [-0.2, -0.15) is 0 Å². The number of nitrogens with zero attached hydrogens (tertiary/aromatic N) is 2. The molecule has 9 heteroatoms. The Labute approximate surface area is 100 Å². The summed E-state index contributed by atoms with van der Waals surface area (Å²) in [7, 11) is -6.42. The summed E-state index contributed by atoms with van der Waals surface area (Å²) < 4.78 is 46.2. The molecule has 0 saturated carbocycles. The highest BCUT2D eigenvalue weighted by atomic mass is 32.2. The van der Waals surface area contributed by atoms with Gasteiger partial charge in [0.1, 0.15) is 0 Å². The average Bonchev–Trinajstić information content (AvgIpc) is 2.14. The fourth-order valence-electron chi connectivity index (χ4n) is 1.15. The number of hydrogen-bond donors (Lipinski definition) is 1. The van der Waals surface area contributed by atoms with Crippen molar-refractivity contribution in [2.24, 2.45) is 5.14 Å². The zero-order chi connectivity index (χ0) is 13.4. The molecule has 0 unspecified atom stereocenters. The molecule has 17 heavy (non-hydrogen) atoms. The highest BCUT2D eigenvalue weighted by molar-refractivity contribution is 7.92. The van der Waals surface area contributed by atoms with Crippen LogP contribution in [0, 0.1) is 6.92 Å². The molecule has 1 rings (SSSR count). The molecule has 0 aliphatic rings. The molecule has 96 valence electrons. The molecule has 7 nitrogen and oxygen atoms in total. The van der Waals surface area contributed by atoms with Crippen molar-refractivity contribution >= 4 is 25.7 Å². The molecule has 0 spiro atoms. The number of hydrogen-bond acceptors (Lipinski definition) is 5. The van der Waals surface area contributed by atoms with Crippen molar-refractivity contribution in [3.63, 3.8) is 0 Å². The van der Waals surface area contributed by atoms with Crippen LogP contribution < -0.4 is 9.44 Å². The predicted molar refractivity (Wildman–Crippen MR) is 63.6 cm³/mol. The number of primary sulfonamides is 1. The molecule has 0 bridgehead atoms. The van der Waals surface area contributed by atoms with Crippen molar-refractivity contribution in [3.05, 3.63) is 17.8 Å². The van der Waals surface area contributed by atoms with Crippen LogP contribution in [0.5, 0.6) is 0 Å². The zero-order valence-electron chi connectivity index (χ0n) is 9.58. The smallest absolute Gasteiger partial charge is 0.257 e. The van der Waals surface area contributed by atoms with Crippen LogP contribution in [0.15, 0.2) is 17.2 Å². The van der Waals surface area contributed by atoms with Crippen molar-refractivity contribution in [2.75, 3.05) is 17.6 Å². The van der Waals surface area contributed by atoms with Crippen LogP contribution in [0.25, 0.3) is 0 Å². The van der Waals surface area contributed by atoms with E-state index in [0.29, 0.717) is 5.69 Å². The van der Waals surface area contributed by atoms with Crippen molar-refractivity contribution in [3.8, 4) is 0 Å². The first kappa shape index (κ1) is 13.9. The molecule has 1 aromatic heterocycles. The van der Waals surface area contributed by atoms with Gasteiger partial charge in [-0.05, 0) is 19.1 Å². The normalized spacial score (nSPS) is 12.5. The summed E-state index contributed by atoms with van der Waals surface area (Å²) in [5, 5.41) is 4.54. The van der Waals surface area contributed by atoms with Crippen LogP contribution in [-0.4, -0.2) is 35.1 Å². The molecule has 0 aliphatic heterocycles. The van der Waals surface area contributed by atoms with Crippen LogP contribution in [-0.2, 0) is 20.0 Å². The molecular formula is C8H13N3O4S2. The SMILES string of the molecule is Cc1ccc(N(C)S(C)(=O)=O)c(S(N)(=O)=O)n1. The van der Waals surface area contributed by atoms with Gasteiger partial charge in [0.15, 0.2) is 5.03 Å². The van der Waals surface area contributed by atoms with Crippen molar-refractivity contribution < 1.29 is 16.8 Å². The summed E-state index contributed by atoms with van der Waals surface area (Å²) in [5.41, 5.74) is 0.361. The molecule has 0 radical (unpaired) electrons. The molecule has 0 aromatic carbocycles. The minimum Gasteiger partial charge on any atom is -0.271 e. The van der Waals surface area contributed by atoms with Gasteiger partial charge >= 0.3 is 0 Å². The maximum Gasteiger partial charge on any atom is 0.257 e. The second-order valence-electron chi connectivity index (χ2n) is 3.55. The van der Waals surface area contributed by atoms with E-state index in [1.54, 1.807) is 6.92 Å². The van der Waals surface area contributed by atoms with Gasteiger partial charge in [0, 0.05) is 12.7 Å². The lowest BCUT2D eigenvalue weighted by Crippen LogP contribution is -2.28. The van der Waals surface area contributed by atoms with Crippen LogP contribution in [0.1, 0.15) is 5.69 Å². The maximum absolute atomic E-state index is 11.4. The van der Waals surface area contributed by atoms with E-state index in [1.165, 1.54) is 19.2 Å². The summed E-state index contributed by atoms with van der Waals surface area (Å²) in [6.45, 7) is 1.58. The number of aryl methyl sites for hydroxylation is 1. The number of aromatic nitrogens is 1. The van der Waals surface area contributed by atoms with E-state index >= 15 is 0 Å². The fourth-order valence-corrected chi connectivity index (χ4v) is 2.48. The van der Waals surface area contributed by atoms with Gasteiger partial charge in [-0.15, -0.1) is 0 Å². The Morgan fingerprint density at radius 2 is 1.76 bits per heavy atom. The quantitative estimate of drug-likeness (QED) is 0.796. The van der Waals surface area contributed by atoms with E-state index in [0.717, 1.165) is 10.6 Å². The number of anilines is 1. The topological polar surface area (TPSA) is 110 Å². The summed E-state index contributed by atoms with van der Waals surface area (Å²) in [6, 6.07) is 2.86. The summed E-state index contributed by atoms with van der Waals surface area (Å²) >= 11 is 0. The van der Waals surface area contributed by atoms with E-state index < -0.39 is 25.1 Å². The molecule has 1 heterocycles. The second-order valence-corrected chi connectivity index (χ2v) is 7.04. The first-order valence-corrected chi connectivity index (χ1v) is 7.87. The van der Waals surface area contributed by atoms with Gasteiger partial charge in [0.2, 0.25) is 10.0 Å². The van der Waals surface area contributed by atoms with Crippen molar-refractivity contribution in [1.82, 2.24) is 4.98 Å². The minimum atomic E-state index is -4.08. The Morgan fingerprint density at radius 3 is 2.18 bits per heavy atom. The highest BCUT2D eigenvalue weighted by Gasteiger charge is 2.23. The molecule has 0 atom stereocenters. The largest absolute Gasteiger partial charge is 0.271 e. The van der Waals surface area contributed by atoms with E-state index in [1.807, 2.05) is 0 Å². The predicted octanol–water partition coefficient (Wildman–Crippen LogP) is -0.567. The van der Waals surface area contributed by atoms with Gasteiger partial charge < -0.3 is 0 Å². The molecule has 1 aromatic rings. The Hall–Kier alpha value is -1.19. The van der Waals surface area contributed by atoms with Crippen LogP contribution in [0.4, 0.5) is 5.69 Å². The lowest BCUT2D eigenvalue weighted by Gasteiger charge is -2.18. The second kappa shape index (κ2) is 4.24. The first-order chi connectivity index (χ1) is 7.53. The molecular weight excluding hydrogens is 266 g/mol. The Bertz CT molecular complexity index is 637. The molecule has 0 aliphatic carbocycles. The third-order valence-corrected chi connectivity index (χ3v) is 4.12. The Morgan fingerprint density at radius 1 is 1.24 bits per heavy atom. The third kappa shape index (κ3) is 3.14. The number of nitrogens with two attached hydrogens (primary N) is 1. The summed E-state index contributed by atoms with van der Waals surface area (Å²) in [5.74, 6) is 0. The van der Waals surface area contributed by atoms with E-state index in [9.17, 15) is 16.8 Å². The maximum atomic E-state index is 11.4.